The molecule has 0 radical (unpaired) electrons. The summed E-state index contributed by atoms with van der Waals surface area (Å²) >= 11 is 0. The lowest BCUT2D eigenvalue weighted by atomic mass is 9.93. The molecule has 0 saturated carbocycles. The molecule has 150 valence electrons. The van der Waals surface area contributed by atoms with Gasteiger partial charge >= 0.3 is 18.2 Å². The zero-order chi connectivity index (χ0) is 20.3. The molecule has 1 heterocycles. The van der Waals surface area contributed by atoms with Gasteiger partial charge in [-0.3, -0.25) is 4.79 Å². The van der Waals surface area contributed by atoms with Gasteiger partial charge in [-0.25, -0.2) is 9.59 Å². The van der Waals surface area contributed by atoms with Crippen LogP contribution in [0.2, 0.25) is 0 Å². The number of likely N-dealkylation sites (tertiary alicyclic amines) is 1. The van der Waals surface area contributed by atoms with E-state index in [0.29, 0.717) is 6.42 Å². The second-order valence-electron chi connectivity index (χ2n) is 8.59. The minimum absolute atomic E-state index is 0.195. The van der Waals surface area contributed by atoms with Crippen LogP contribution in [-0.4, -0.2) is 72.4 Å². The van der Waals surface area contributed by atoms with Gasteiger partial charge in [-0.1, -0.05) is 0 Å². The second kappa shape index (κ2) is 8.14. The van der Waals surface area contributed by atoms with Gasteiger partial charge in [0, 0.05) is 20.1 Å². The average Bonchev–Trinajstić information content (AvgIpc) is 2.49. The lowest BCUT2D eigenvalue weighted by molar-refractivity contribution is -0.148. The molecule has 1 saturated heterocycles. The second-order valence-corrected chi connectivity index (χ2v) is 8.59. The molecular weight excluding hydrogens is 340 g/mol. The quantitative estimate of drug-likeness (QED) is 0.547. The number of likely N-dealkylation sites (N-methyl/N-ethyl adjacent to an activating group) is 1. The molecule has 0 bridgehead atoms. The fourth-order valence-corrected chi connectivity index (χ4v) is 2.65. The molecule has 0 spiro atoms. The van der Waals surface area contributed by atoms with Gasteiger partial charge in [0.2, 0.25) is 0 Å². The highest BCUT2D eigenvalue weighted by Crippen LogP contribution is 2.24. The largest absolute Gasteiger partial charge is 0.469 e. The van der Waals surface area contributed by atoms with E-state index in [1.165, 1.54) is 16.9 Å². The minimum atomic E-state index is -0.651. The van der Waals surface area contributed by atoms with Gasteiger partial charge < -0.3 is 24.0 Å². The molecule has 26 heavy (non-hydrogen) atoms. The van der Waals surface area contributed by atoms with Crippen molar-refractivity contribution in [1.82, 2.24) is 9.80 Å². The Labute approximate surface area is 155 Å². The van der Waals surface area contributed by atoms with E-state index < -0.39 is 35.3 Å². The number of carbonyl (C=O) groups is 3. The number of piperidine rings is 1. The fourth-order valence-electron chi connectivity index (χ4n) is 2.65. The monoisotopic (exact) mass is 372 g/mol. The maximum absolute atomic E-state index is 12.5. The van der Waals surface area contributed by atoms with Crippen LogP contribution in [0.5, 0.6) is 0 Å². The Bertz CT molecular complexity index is 535. The Kier molecular flexibility index (Phi) is 6.90. The van der Waals surface area contributed by atoms with E-state index >= 15 is 0 Å². The van der Waals surface area contributed by atoms with Crippen LogP contribution in [0.1, 0.15) is 48.0 Å². The summed E-state index contributed by atoms with van der Waals surface area (Å²) in [6.07, 6.45) is -0.632. The summed E-state index contributed by atoms with van der Waals surface area (Å²) in [5.41, 5.74) is -1.28. The van der Waals surface area contributed by atoms with Crippen LogP contribution in [-0.2, 0) is 19.0 Å². The highest BCUT2D eigenvalue weighted by molar-refractivity contribution is 5.75. The molecular formula is C18H32N2O6. The molecule has 1 rings (SSSR count). The molecule has 8 heteroatoms. The van der Waals surface area contributed by atoms with Crippen molar-refractivity contribution < 1.29 is 28.6 Å². The lowest BCUT2D eigenvalue weighted by Gasteiger charge is -2.40. The summed E-state index contributed by atoms with van der Waals surface area (Å²) in [6, 6.07) is -0.379. The number of esters is 1. The number of carbonyl (C=O) groups excluding carboxylic acids is 3. The van der Waals surface area contributed by atoms with Crippen LogP contribution in [0.4, 0.5) is 9.59 Å². The first-order valence-electron chi connectivity index (χ1n) is 8.75. The van der Waals surface area contributed by atoms with Gasteiger partial charge in [0.25, 0.3) is 0 Å². The Morgan fingerprint density at radius 3 is 1.96 bits per heavy atom. The highest BCUT2D eigenvalue weighted by atomic mass is 16.6. The van der Waals surface area contributed by atoms with Crippen LogP contribution in [0.3, 0.4) is 0 Å². The van der Waals surface area contributed by atoms with E-state index in [-0.39, 0.29) is 19.1 Å². The maximum Gasteiger partial charge on any atom is 0.410 e. The normalized spacial score (nSPS) is 21.0. The summed E-state index contributed by atoms with van der Waals surface area (Å²) in [5.74, 6) is -0.947. The van der Waals surface area contributed by atoms with Crippen molar-refractivity contribution in [1.29, 1.82) is 0 Å². The van der Waals surface area contributed by atoms with Gasteiger partial charge in [0.1, 0.15) is 11.2 Å². The summed E-state index contributed by atoms with van der Waals surface area (Å²) in [4.78, 5) is 39.7. The number of amides is 2. The van der Waals surface area contributed by atoms with Crippen molar-refractivity contribution in [2.75, 3.05) is 27.2 Å². The molecule has 1 fully saturated rings. The SMILES string of the molecule is COC(=O)C1CC(N(C)C(=O)OC(C)(C)C)CN(C(=O)OC(C)(C)C)C1. The Balaban J connectivity index is 2.94. The topological polar surface area (TPSA) is 85.4 Å². The molecule has 2 atom stereocenters. The lowest BCUT2D eigenvalue weighted by Crippen LogP contribution is -2.55. The molecule has 0 aromatic heterocycles. The molecule has 0 N–H and O–H groups in total. The number of ether oxygens (including phenoxy) is 3. The smallest absolute Gasteiger partial charge is 0.410 e. The van der Waals surface area contributed by atoms with Crippen LogP contribution in [0.15, 0.2) is 0 Å². The molecule has 0 aliphatic carbocycles. The third kappa shape index (κ3) is 6.72. The molecule has 2 amide bonds. The predicted molar refractivity (Wildman–Crippen MR) is 95.7 cm³/mol. The molecule has 2 unspecified atom stereocenters. The Morgan fingerprint density at radius 1 is 0.962 bits per heavy atom. The molecule has 0 aromatic rings. The number of nitrogens with zero attached hydrogens (tertiary/aromatic N) is 2. The van der Waals surface area contributed by atoms with Crippen molar-refractivity contribution in [2.24, 2.45) is 5.92 Å². The van der Waals surface area contributed by atoms with Crippen molar-refractivity contribution in [2.45, 2.75) is 65.2 Å². The van der Waals surface area contributed by atoms with Gasteiger partial charge in [0.05, 0.1) is 19.1 Å². The third-order valence-corrected chi connectivity index (χ3v) is 3.84. The van der Waals surface area contributed by atoms with Crippen LogP contribution >= 0.6 is 0 Å². The molecule has 0 aromatic carbocycles. The Hall–Kier alpha value is -1.99. The summed E-state index contributed by atoms with van der Waals surface area (Å²) in [7, 11) is 2.91. The zero-order valence-electron chi connectivity index (χ0n) is 17.1. The van der Waals surface area contributed by atoms with Crippen molar-refractivity contribution in [3.05, 3.63) is 0 Å². The summed E-state index contributed by atoms with van der Waals surface area (Å²) < 4.78 is 15.6. The van der Waals surface area contributed by atoms with Gasteiger partial charge in [0.15, 0.2) is 0 Å². The van der Waals surface area contributed by atoms with Gasteiger partial charge in [-0.2, -0.15) is 0 Å². The number of methoxy groups -OCH3 is 1. The first kappa shape index (κ1) is 22.1. The minimum Gasteiger partial charge on any atom is -0.469 e. The standard InChI is InChI=1S/C18H32N2O6/c1-17(2,3)25-15(22)19(7)13-9-12(14(21)24-8)10-20(11-13)16(23)26-18(4,5)6/h12-13H,9-11H2,1-8H3. The van der Waals surface area contributed by atoms with E-state index in [1.807, 2.05) is 0 Å². The van der Waals surface area contributed by atoms with Crippen LogP contribution < -0.4 is 0 Å². The number of hydrogen-bond acceptors (Lipinski definition) is 6. The first-order chi connectivity index (χ1) is 11.7. The van der Waals surface area contributed by atoms with Crippen LogP contribution in [0, 0.1) is 5.92 Å². The fraction of sp³-hybridized carbons (Fsp3) is 0.833. The number of rotatable bonds is 2. The first-order valence-corrected chi connectivity index (χ1v) is 8.75. The number of hydrogen-bond donors (Lipinski definition) is 0. The molecule has 1 aliphatic heterocycles. The van der Waals surface area contributed by atoms with E-state index in [2.05, 4.69) is 0 Å². The zero-order valence-corrected chi connectivity index (χ0v) is 17.1. The van der Waals surface area contributed by atoms with Gasteiger partial charge in [-0.05, 0) is 48.0 Å². The van der Waals surface area contributed by atoms with Crippen molar-refractivity contribution in [3.8, 4) is 0 Å². The summed E-state index contributed by atoms with van der Waals surface area (Å²) in [6.45, 7) is 11.1. The van der Waals surface area contributed by atoms with E-state index in [9.17, 15) is 14.4 Å². The third-order valence-electron chi connectivity index (χ3n) is 3.84. The van der Waals surface area contributed by atoms with Crippen LogP contribution in [0.25, 0.3) is 0 Å². The predicted octanol–water partition coefficient (Wildman–Crippen LogP) is 2.65. The highest BCUT2D eigenvalue weighted by Gasteiger charge is 2.39. The van der Waals surface area contributed by atoms with Crippen molar-refractivity contribution in [3.63, 3.8) is 0 Å². The molecule has 1 aliphatic rings. The van der Waals surface area contributed by atoms with Gasteiger partial charge in [-0.15, -0.1) is 0 Å². The Morgan fingerprint density at radius 2 is 1.50 bits per heavy atom. The van der Waals surface area contributed by atoms with E-state index in [4.69, 9.17) is 14.2 Å². The van der Waals surface area contributed by atoms with Crippen molar-refractivity contribution >= 4 is 18.2 Å². The maximum atomic E-state index is 12.5. The summed E-state index contributed by atoms with van der Waals surface area (Å²) in [5, 5.41) is 0. The molecule has 8 nitrogen and oxygen atoms in total. The van der Waals surface area contributed by atoms with E-state index in [1.54, 1.807) is 48.6 Å². The average molecular weight is 372 g/mol. The van der Waals surface area contributed by atoms with E-state index in [0.717, 1.165) is 0 Å².